The van der Waals surface area contributed by atoms with Crippen LogP contribution in [0.4, 0.5) is 0 Å². The van der Waals surface area contributed by atoms with Crippen molar-refractivity contribution in [2.24, 2.45) is 0 Å². The van der Waals surface area contributed by atoms with Gasteiger partial charge in [-0.3, -0.25) is 4.90 Å². The highest BCUT2D eigenvalue weighted by Crippen LogP contribution is 2.17. The van der Waals surface area contributed by atoms with Gasteiger partial charge in [0.2, 0.25) is 0 Å². The minimum Gasteiger partial charge on any atom is -0.379 e. The Bertz CT molecular complexity index is 283. The molecule has 0 radical (unpaired) electrons. The highest BCUT2D eigenvalue weighted by atomic mass is 32.1. The van der Waals surface area contributed by atoms with Crippen molar-refractivity contribution in [3.63, 3.8) is 0 Å². The molecule has 2 heterocycles. The molecule has 0 unspecified atom stereocenters. The van der Waals surface area contributed by atoms with Crippen LogP contribution in [0.2, 0.25) is 0 Å². The Balaban J connectivity index is 1.63. The molecule has 0 saturated carbocycles. The first-order valence-corrected chi connectivity index (χ1v) is 6.81. The summed E-state index contributed by atoms with van der Waals surface area (Å²) in [7, 11) is 0. The molecule has 0 aliphatic carbocycles. The minimum atomic E-state index is 0.473. The Morgan fingerprint density at radius 1 is 1.50 bits per heavy atom. The van der Waals surface area contributed by atoms with Crippen molar-refractivity contribution in [3.8, 4) is 0 Å². The number of nitrogens with one attached hydrogen (secondary N) is 1. The Morgan fingerprint density at radius 3 is 3.00 bits per heavy atom. The van der Waals surface area contributed by atoms with E-state index in [0.29, 0.717) is 6.04 Å². The predicted octanol–water partition coefficient (Wildman–Crippen LogP) is 1.73. The summed E-state index contributed by atoms with van der Waals surface area (Å²) < 4.78 is 5.33. The number of hydrogen-bond acceptors (Lipinski definition) is 4. The molecule has 1 aromatic heterocycles. The highest BCUT2D eigenvalue weighted by molar-refractivity contribution is 7.10. The highest BCUT2D eigenvalue weighted by Gasteiger charge is 2.10. The maximum atomic E-state index is 5.33. The topological polar surface area (TPSA) is 24.5 Å². The molecule has 1 atom stereocenters. The third kappa shape index (κ3) is 3.56. The number of ether oxygens (including phenoxy) is 1. The van der Waals surface area contributed by atoms with Crippen molar-refractivity contribution in [1.82, 2.24) is 10.2 Å². The Kier molecular flexibility index (Phi) is 4.78. The maximum absolute atomic E-state index is 5.33. The standard InChI is InChI=1S/C12H20N2OS/c1-11(12-3-2-10-16-12)13-4-5-14-6-8-15-9-7-14/h2-3,10-11,13H,4-9H2,1H3/t11-/m0/s1. The van der Waals surface area contributed by atoms with Crippen LogP contribution in [0.15, 0.2) is 17.5 Å². The molecule has 3 nitrogen and oxygen atoms in total. The van der Waals surface area contributed by atoms with Crippen LogP contribution >= 0.6 is 11.3 Å². The Labute approximate surface area is 101 Å². The first-order valence-electron chi connectivity index (χ1n) is 5.93. The van der Waals surface area contributed by atoms with Crippen LogP contribution < -0.4 is 5.32 Å². The van der Waals surface area contributed by atoms with Crippen molar-refractivity contribution >= 4 is 11.3 Å². The van der Waals surface area contributed by atoms with E-state index in [1.807, 2.05) is 11.3 Å². The number of thiophene rings is 1. The Hall–Kier alpha value is -0.420. The summed E-state index contributed by atoms with van der Waals surface area (Å²) in [5.41, 5.74) is 0. The lowest BCUT2D eigenvalue weighted by Crippen LogP contribution is -2.40. The molecule has 0 amide bonds. The maximum Gasteiger partial charge on any atom is 0.0594 e. The second-order valence-corrected chi connectivity index (χ2v) is 5.12. The molecule has 2 rings (SSSR count). The monoisotopic (exact) mass is 240 g/mol. The van der Waals surface area contributed by atoms with E-state index in [1.165, 1.54) is 4.88 Å². The molecule has 0 bridgehead atoms. The normalized spacial score (nSPS) is 19.8. The molecule has 1 aromatic rings. The van der Waals surface area contributed by atoms with Crippen molar-refractivity contribution in [2.45, 2.75) is 13.0 Å². The minimum absolute atomic E-state index is 0.473. The van der Waals surface area contributed by atoms with E-state index in [9.17, 15) is 0 Å². The summed E-state index contributed by atoms with van der Waals surface area (Å²) in [5, 5.41) is 5.69. The molecule has 90 valence electrons. The molecule has 16 heavy (non-hydrogen) atoms. The quantitative estimate of drug-likeness (QED) is 0.848. The third-order valence-corrected chi connectivity index (χ3v) is 4.01. The van der Waals surface area contributed by atoms with E-state index in [1.54, 1.807) is 0 Å². The number of hydrogen-bond donors (Lipinski definition) is 1. The van der Waals surface area contributed by atoms with Gasteiger partial charge in [-0.1, -0.05) is 6.07 Å². The van der Waals surface area contributed by atoms with E-state index in [-0.39, 0.29) is 0 Å². The van der Waals surface area contributed by atoms with Crippen LogP contribution in [-0.4, -0.2) is 44.3 Å². The lowest BCUT2D eigenvalue weighted by molar-refractivity contribution is 0.0382. The van der Waals surface area contributed by atoms with Gasteiger partial charge >= 0.3 is 0 Å². The van der Waals surface area contributed by atoms with Gasteiger partial charge in [0.25, 0.3) is 0 Å². The summed E-state index contributed by atoms with van der Waals surface area (Å²) in [6, 6.07) is 4.78. The first kappa shape index (κ1) is 12.0. The average Bonchev–Trinajstić information content (AvgIpc) is 2.84. The molecule has 1 aliphatic rings. The zero-order valence-electron chi connectivity index (χ0n) is 9.82. The molecule has 4 heteroatoms. The zero-order chi connectivity index (χ0) is 11.2. The molecule has 1 N–H and O–H groups in total. The van der Waals surface area contributed by atoms with Crippen molar-refractivity contribution in [2.75, 3.05) is 39.4 Å². The lowest BCUT2D eigenvalue weighted by Gasteiger charge is -2.27. The first-order chi connectivity index (χ1) is 7.86. The van der Waals surface area contributed by atoms with Crippen LogP contribution in [-0.2, 0) is 4.74 Å². The van der Waals surface area contributed by atoms with E-state index in [0.717, 1.165) is 39.4 Å². The summed E-state index contributed by atoms with van der Waals surface area (Å²) in [4.78, 5) is 3.87. The molecule has 1 saturated heterocycles. The van der Waals surface area contributed by atoms with Crippen LogP contribution in [0, 0.1) is 0 Å². The number of nitrogens with zero attached hydrogens (tertiary/aromatic N) is 1. The second-order valence-electron chi connectivity index (χ2n) is 4.15. The summed E-state index contributed by atoms with van der Waals surface area (Å²) in [6.45, 7) is 8.34. The van der Waals surface area contributed by atoms with Gasteiger partial charge in [-0.05, 0) is 18.4 Å². The smallest absolute Gasteiger partial charge is 0.0594 e. The van der Waals surface area contributed by atoms with Gasteiger partial charge in [-0.2, -0.15) is 0 Å². The fourth-order valence-corrected chi connectivity index (χ4v) is 2.66. The number of morpholine rings is 1. The fraction of sp³-hybridized carbons (Fsp3) is 0.667. The van der Waals surface area contributed by atoms with Crippen molar-refractivity contribution in [3.05, 3.63) is 22.4 Å². The van der Waals surface area contributed by atoms with Gasteiger partial charge in [-0.15, -0.1) is 11.3 Å². The van der Waals surface area contributed by atoms with Crippen LogP contribution in [0.1, 0.15) is 17.8 Å². The van der Waals surface area contributed by atoms with Gasteiger partial charge in [0.15, 0.2) is 0 Å². The third-order valence-electron chi connectivity index (χ3n) is 2.95. The number of rotatable bonds is 5. The molecule has 1 aliphatic heterocycles. The largest absolute Gasteiger partial charge is 0.379 e. The lowest BCUT2D eigenvalue weighted by atomic mass is 10.3. The van der Waals surface area contributed by atoms with Gasteiger partial charge in [0, 0.05) is 37.1 Å². The van der Waals surface area contributed by atoms with E-state index in [2.05, 4.69) is 34.7 Å². The Morgan fingerprint density at radius 2 is 2.31 bits per heavy atom. The van der Waals surface area contributed by atoms with Gasteiger partial charge in [0.05, 0.1) is 13.2 Å². The average molecular weight is 240 g/mol. The SMILES string of the molecule is C[C@H](NCCN1CCOCC1)c1cccs1. The summed E-state index contributed by atoms with van der Waals surface area (Å²) in [5.74, 6) is 0. The molecule has 1 fully saturated rings. The predicted molar refractivity (Wildman–Crippen MR) is 68.0 cm³/mol. The van der Waals surface area contributed by atoms with E-state index in [4.69, 9.17) is 4.74 Å². The van der Waals surface area contributed by atoms with Gasteiger partial charge < -0.3 is 10.1 Å². The zero-order valence-corrected chi connectivity index (χ0v) is 10.6. The van der Waals surface area contributed by atoms with Crippen LogP contribution in [0.25, 0.3) is 0 Å². The van der Waals surface area contributed by atoms with E-state index >= 15 is 0 Å². The van der Waals surface area contributed by atoms with Gasteiger partial charge in [-0.25, -0.2) is 0 Å². The molecular formula is C12H20N2OS. The summed E-state index contributed by atoms with van der Waals surface area (Å²) >= 11 is 1.82. The van der Waals surface area contributed by atoms with Gasteiger partial charge in [0.1, 0.15) is 0 Å². The van der Waals surface area contributed by atoms with E-state index < -0.39 is 0 Å². The van der Waals surface area contributed by atoms with Crippen LogP contribution in [0.3, 0.4) is 0 Å². The summed E-state index contributed by atoms with van der Waals surface area (Å²) in [6.07, 6.45) is 0. The second kappa shape index (κ2) is 6.35. The molecular weight excluding hydrogens is 220 g/mol. The van der Waals surface area contributed by atoms with Crippen LogP contribution in [0.5, 0.6) is 0 Å². The molecule has 0 spiro atoms. The molecule has 0 aromatic carbocycles. The van der Waals surface area contributed by atoms with Crippen molar-refractivity contribution in [1.29, 1.82) is 0 Å². The fourth-order valence-electron chi connectivity index (χ4n) is 1.90. The van der Waals surface area contributed by atoms with Crippen molar-refractivity contribution < 1.29 is 4.74 Å².